The van der Waals surface area contributed by atoms with Crippen LogP contribution in [0.15, 0.2) is 48.5 Å². The number of carbonyl (C=O) groups excluding carboxylic acids is 2. The van der Waals surface area contributed by atoms with E-state index < -0.39 is 0 Å². The van der Waals surface area contributed by atoms with E-state index in [1.807, 2.05) is 36.4 Å². The van der Waals surface area contributed by atoms with Crippen LogP contribution in [0.1, 0.15) is 66.0 Å². The fourth-order valence-corrected chi connectivity index (χ4v) is 4.58. The van der Waals surface area contributed by atoms with E-state index in [9.17, 15) is 9.59 Å². The summed E-state index contributed by atoms with van der Waals surface area (Å²) in [5.74, 6) is 0.494. The number of hydrogen-bond acceptors (Lipinski definition) is 3. The number of anilines is 1. The summed E-state index contributed by atoms with van der Waals surface area (Å²) in [5.41, 5.74) is 5.54. The van der Waals surface area contributed by atoms with E-state index in [0.717, 1.165) is 36.2 Å². The summed E-state index contributed by atoms with van der Waals surface area (Å²) in [6, 6.07) is 15.6. The zero-order chi connectivity index (χ0) is 23.2. The predicted molar refractivity (Wildman–Crippen MR) is 128 cm³/mol. The molecule has 0 fully saturated rings. The lowest BCUT2D eigenvalue weighted by atomic mass is 9.92. The van der Waals surface area contributed by atoms with Gasteiger partial charge in [-0.2, -0.15) is 5.10 Å². The standard InChI is InChI=1S/C26H29N5O2/c1-26(2,3)22-15-23(29-25(33)28-21-11-9-16-6-4-5-7-19(16)21)31(30-22)18-10-8-17-12-13-27-24(32)20(17)14-18/h4-8,10,14-15,21H,9,11-13H2,1-3H3,(H,27,32)(H2,28,29,33)/t21-/m0/s1. The molecule has 3 aromatic rings. The quantitative estimate of drug-likeness (QED) is 0.565. The maximum atomic E-state index is 13.0. The molecule has 0 unspecified atom stereocenters. The van der Waals surface area contributed by atoms with Gasteiger partial charge in [-0.05, 0) is 48.1 Å². The van der Waals surface area contributed by atoms with Gasteiger partial charge in [0.15, 0.2) is 0 Å². The monoisotopic (exact) mass is 443 g/mol. The molecular weight excluding hydrogens is 414 g/mol. The number of hydrogen-bond donors (Lipinski definition) is 3. The van der Waals surface area contributed by atoms with E-state index in [-0.39, 0.29) is 23.4 Å². The molecule has 0 radical (unpaired) electrons. The van der Waals surface area contributed by atoms with Gasteiger partial charge in [-0.25, -0.2) is 9.48 Å². The number of urea groups is 1. The molecular formula is C26H29N5O2. The van der Waals surface area contributed by atoms with Crippen LogP contribution in [-0.2, 0) is 18.3 Å². The van der Waals surface area contributed by atoms with E-state index in [0.29, 0.717) is 17.9 Å². The lowest BCUT2D eigenvalue weighted by molar-refractivity contribution is 0.0946. The van der Waals surface area contributed by atoms with Gasteiger partial charge in [-0.1, -0.05) is 51.1 Å². The third-order valence-corrected chi connectivity index (χ3v) is 6.42. The zero-order valence-corrected chi connectivity index (χ0v) is 19.2. The second kappa shape index (κ2) is 8.06. The third-order valence-electron chi connectivity index (χ3n) is 6.42. The van der Waals surface area contributed by atoms with Gasteiger partial charge in [0.2, 0.25) is 0 Å². The molecule has 3 amide bonds. The van der Waals surface area contributed by atoms with Crippen LogP contribution >= 0.6 is 0 Å². The summed E-state index contributed by atoms with van der Waals surface area (Å²) in [6.07, 6.45) is 2.66. The molecule has 7 nitrogen and oxygen atoms in total. The van der Waals surface area contributed by atoms with Crippen LogP contribution in [0.4, 0.5) is 10.6 Å². The average Bonchev–Trinajstić information content (AvgIpc) is 3.38. The van der Waals surface area contributed by atoms with Crippen LogP contribution in [0.25, 0.3) is 5.69 Å². The van der Waals surface area contributed by atoms with Crippen LogP contribution < -0.4 is 16.0 Å². The van der Waals surface area contributed by atoms with Crippen LogP contribution in [0.2, 0.25) is 0 Å². The molecule has 2 aliphatic rings. The number of nitrogens with one attached hydrogen (secondary N) is 3. The third kappa shape index (κ3) is 4.11. The van der Waals surface area contributed by atoms with Crippen LogP contribution in [0.3, 0.4) is 0 Å². The van der Waals surface area contributed by atoms with E-state index in [4.69, 9.17) is 5.10 Å². The lowest BCUT2D eigenvalue weighted by Gasteiger charge is -2.18. The molecule has 5 rings (SSSR count). The molecule has 0 saturated heterocycles. The fourth-order valence-electron chi connectivity index (χ4n) is 4.58. The molecule has 1 aliphatic heterocycles. The smallest absolute Gasteiger partial charge is 0.320 e. The van der Waals surface area contributed by atoms with E-state index in [1.54, 1.807) is 4.68 Å². The molecule has 1 atom stereocenters. The highest BCUT2D eigenvalue weighted by Gasteiger charge is 2.26. The molecule has 170 valence electrons. The second-order valence-electron chi connectivity index (χ2n) is 9.81. The number of aryl methyl sites for hydroxylation is 1. The Morgan fingerprint density at radius 2 is 1.91 bits per heavy atom. The number of fused-ring (bicyclic) bond motifs is 2. The SMILES string of the molecule is CC(C)(C)c1cc(NC(=O)N[C@H]2CCc3ccccc32)n(-c2ccc3c(c2)C(=O)NCC3)n1. The summed E-state index contributed by atoms with van der Waals surface area (Å²) in [5, 5.41) is 13.8. The molecule has 2 heterocycles. The molecule has 7 heteroatoms. The first-order chi connectivity index (χ1) is 15.8. The van der Waals surface area contributed by atoms with Gasteiger partial charge in [-0.15, -0.1) is 0 Å². The van der Waals surface area contributed by atoms with Crippen molar-refractivity contribution < 1.29 is 9.59 Å². The molecule has 2 aromatic carbocycles. The Morgan fingerprint density at radius 3 is 2.73 bits per heavy atom. The Kier molecular flexibility index (Phi) is 5.19. The zero-order valence-electron chi connectivity index (χ0n) is 19.2. The molecule has 1 aromatic heterocycles. The molecule has 0 saturated carbocycles. The minimum absolute atomic E-state index is 0.00732. The van der Waals surface area contributed by atoms with Crippen molar-refractivity contribution in [2.24, 2.45) is 0 Å². The lowest BCUT2D eigenvalue weighted by Crippen LogP contribution is -2.32. The number of carbonyl (C=O) groups is 2. The maximum Gasteiger partial charge on any atom is 0.320 e. The Morgan fingerprint density at radius 1 is 1.09 bits per heavy atom. The Hall–Kier alpha value is -3.61. The summed E-state index contributed by atoms with van der Waals surface area (Å²) in [4.78, 5) is 25.3. The Bertz CT molecular complexity index is 1240. The Labute approximate surface area is 193 Å². The fraction of sp³-hybridized carbons (Fsp3) is 0.346. The van der Waals surface area contributed by atoms with Crippen LogP contribution in [-0.4, -0.2) is 28.3 Å². The minimum Gasteiger partial charge on any atom is -0.352 e. The molecule has 0 bridgehead atoms. The van der Waals surface area contributed by atoms with Gasteiger partial charge in [0.25, 0.3) is 5.91 Å². The number of benzene rings is 2. The Balaban J connectivity index is 1.44. The molecule has 0 spiro atoms. The number of aromatic nitrogens is 2. The van der Waals surface area contributed by atoms with Crippen molar-refractivity contribution in [3.05, 3.63) is 76.5 Å². The first-order valence-corrected chi connectivity index (χ1v) is 11.5. The minimum atomic E-state index is -0.269. The van der Waals surface area contributed by atoms with Crippen LogP contribution in [0.5, 0.6) is 0 Å². The van der Waals surface area contributed by atoms with Gasteiger partial charge >= 0.3 is 6.03 Å². The first-order valence-electron chi connectivity index (χ1n) is 11.5. The number of nitrogens with zero attached hydrogens (tertiary/aromatic N) is 2. The summed E-state index contributed by atoms with van der Waals surface area (Å²) in [7, 11) is 0. The van der Waals surface area contributed by atoms with Crippen molar-refractivity contribution in [2.75, 3.05) is 11.9 Å². The molecule has 33 heavy (non-hydrogen) atoms. The van der Waals surface area contributed by atoms with E-state index in [2.05, 4.69) is 48.9 Å². The van der Waals surface area contributed by atoms with Crippen LogP contribution in [0, 0.1) is 0 Å². The topological polar surface area (TPSA) is 88.0 Å². The largest absolute Gasteiger partial charge is 0.352 e. The van der Waals surface area contributed by atoms with Gasteiger partial charge in [0, 0.05) is 23.6 Å². The number of amides is 3. The van der Waals surface area contributed by atoms with Gasteiger partial charge < -0.3 is 10.6 Å². The van der Waals surface area contributed by atoms with Crippen molar-refractivity contribution >= 4 is 17.8 Å². The maximum absolute atomic E-state index is 13.0. The van der Waals surface area contributed by atoms with Gasteiger partial charge in [0.1, 0.15) is 5.82 Å². The van der Waals surface area contributed by atoms with E-state index in [1.165, 1.54) is 11.1 Å². The second-order valence-corrected chi connectivity index (χ2v) is 9.81. The summed E-state index contributed by atoms with van der Waals surface area (Å²) in [6.45, 7) is 6.90. The van der Waals surface area contributed by atoms with Gasteiger partial charge in [-0.3, -0.25) is 10.1 Å². The first kappa shape index (κ1) is 21.2. The summed E-state index contributed by atoms with van der Waals surface area (Å²) < 4.78 is 1.71. The predicted octanol–water partition coefficient (Wildman–Crippen LogP) is 4.26. The van der Waals surface area contributed by atoms with Crippen molar-refractivity contribution in [1.29, 1.82) is 0 Å². The highest BCUT2D eigenvalue weighted by molar-refractivity contribution is 5.97. The highest BCUT2D eigenvalue weighted by Crippen LogP contribution is 2.31. The summed E-state index contributed by atoms with van der Waals surface area (Å²) >= 11 is 0. The molecule has 3 N–H and O–H groups in total. The van der Waals surface area contributed by atoms with Crippen molar-refractivity contribution in [3.8, 4) is 5.69 Å². The normalized spacial score (nSPS) is 17.2. The van der Waals surface area contributed by atoms with E-state index >= 15 is 0 Å². The van der Waals surface area contributed by atoms with Crippen molar-refractivity contribution in [2.45, 2.75) is 51.5 Å². The average molecular weight is 444 g/mol. The number of rotatable bonds is 3. The van der Waals surface area contributed by atoms with Gasteiger partial charge in [0.05, 0.1) is 17.4 Å². The van der Waals surface area contributed by atoms with Crippen molar-refractivity contribution in [1.82, 2.24) is 20.4 Å². The highest BCUT2D eigenvalue weighted by atomic mass is 16.2. The molecule has 1 aliphatic carbocycles. The van der Waals surface area contributed by atoms with Crippen molar-refractivity contribution in [3.63, 3.8) is 0 Å².